The van der Waals surface area contributed by atoms with Crippen LogP contribution in [0.5, 0.6) is 0 Å². The highest BCUT2D eigenvalue weighted by atomic mass is 16.5. The van der Waals surface area contributed by atoms with Gasteiger partial charge in [0.2, 0.25) is 0 Å². The third kappa shape index (κ3) is 4.47. The lowest BCUT2D eigenvalue weighted by atomic mass is 9.79. The average molecular weight is 478 g/mol. The zero-order chi connectivity index (χ0) is 24.9. The average Bonchev–Trinajstić information content (AvgIpc) is 3.60. The smallest absolute Gasteiger partial charge is 0.321 e. The molecular formula is C27H35N5O3. The standard InChI is InChI=1S/C27H35N5O3/c1-17(2)23-6-5-7-24(32(23)35)26(33)28-22-14-18-16-31(29-21(18)15-25(22)30(3)4)20-10-12-27(34,13-11-20)19-8-9-19/h5-7,14-17,19-20,34H,8-13H2,1-4H3,(H,28,33). The maximum absolute atomic E-state index is 13.1. The number of fused-ring (bicyclic) bond motifs is 1. The number of carbonyl (C=O) groups excluding carboxylic acids is 1. The van der Waals surface area contributed by atoms with Crippen LogP contribution in [0.2, 0.25) is 0 Å². The number of hydrogen-bond acceptors (Lipinski definition) is 5. The topological polar surface area (TPSA) is 97.3 Å². The SMILES string of the molecule is CC(C)c1cccc(C(=O)Nc2cc3cn(C4CCC(O)(C5CC5)CC4)nc3cc2N(C)C)[n+]1[O-]. The minimum absolute atomic E-state index is 0.0137. The Kier molecular flexibility index (Phi) is 5.95. The Morgan fingerprint density at radius 3 is 2.57 bits per heavy atom. The number of aliphatic hydroxyl groups is 1. The molecule has 1 aromatic carbocycles. The van der Waals surface area contributed by atoms with Crippen molar-refractivity contribution >= 4 is 28.2 Å². The lowest BCUT2D eigenvalue weighted by Gasteiger charge is -2.36. The lowest BCUT2D eigenvalue weighted by Crippen LogP contribution is -2.41. The van der Waals surface area contributed by atoms with E-state index >= 15 is 0 Å². The van der Waals surface area contributed by atoms with E-state index in [-0.39, 0.29) is 17.7 Å². The number of amides is 1. The summed E-state index contributed by atoms with van der Waals surface area (Å²) < 4.78 is 2.75. The minimum atomic E-state index is -0.482. The molecule has 2 aromatic heterocycles. The second-order valence-electron chi connectivity index (χ2n) is 10.8. The first-order valence-electron chi connectivity index (χ1n) is 12.6. The molecule has 2 aliphatic carbocycles. The Morgan fingerprint density at radius 1 is 1.23 bits per heavy atom. The number of hydrogen-bond donors (Lipinski definition) is 2. The molecule has 1 amide bonds. The van der Waals surface area contributed by atoms with Crippen molar-refractivity contribution in [2.75, 3.05) is 24.3 Å². The number of nitrogens with one attached hydrogen (secondary N) is 1. The van der Waals surface area contributed by atoms with E-state index in [2.05, 4.69) is 5.32 Å². The van der Waals surface area contributed by atoms with Gasteiger partial charge in [0.1, 0.15) is 0 Å². The summed E-state index contributed by atoms with van der Waals surface area (Å²) in [5.74, 6) is 0.0619. The monoisotopic (exact) mass is 477 g/mol. The van der Waals surface area contributed by atoms with Gasteiger partial charge in [-0.1, -0.05) is 13.8 Å². The van der Waals surface area contributed by atoms with Crippen LogP contribution >= 0.6 is 0 Å². The lowest BCUT2D eigenvalue weighted by molar-refractivity contribution is -0.617. The van der Waals surface area contributed by atoms with E-state index in [9.17, 15) is 15.1 Å². The van der Waals surface area contributed by atoms with Gasteiger partial charge < -0.3 is 20.5 Å². The molecule has 8 heteroatoms. The summed E-state index contributed by atoms with van der Waals surface area (Å²) >= 11 is 0. The number of carbonyl (C=O) groups is 1. The summed E-state index contributed by atoms with van der Waals surface area (Å²) in [4.78, 5) is 15.0. The van der Waals surface area contributed by atoms with Gasteiger partial charge in [-0.15, -0.1) is 0 Å². The van der Waals surface area contributed by atoms with Crippen molar-refractivity contribution in [1.29, 1.82) is 0 Å². The molecule has 0 unspecified atom stereocenters. The van der Waals surface area contributed by atoms with E-state index in [1.54, 1.807) is 18.2 Å². The Bertz CT molecular complexity index is 1250. The highest BCUT2D eigenvalue weighted by Gasteiger charge is 2.45. The number of benzene rings is 1. The zero-order valence-electron chi connectivity index (χ0n) is 21.0. The summed E-state index contributed by atoms with van der Waals surface area (Å²) in [7, 11) is 3.83. The second kappa shape index (κ2) is 8.82. The van der Waals surface area contributed by atoms with E-state index in [1.807, 2.05) is 55.9 Å². The Labute approximate surface area is 206 Å². The van der Waals surface area contributed by atoms with Gasteiger partial charge in [0.25, 0.3) is 5.69 Å². The molecule has 5 rings (SSSR count). The van der Waals surface area contributed by atoms with Crippen molar-refractivity contribution in [3.63, 3.8) is 0 Å². The van der Waals surface area contributed by atoms with Crippen LogP contribution in [-0.4, -0.2) is 40.5 Å². The van der Waals surface area contributed by atoms with E-state index in [1.165, 1.54) is 0 Å². The first kappa shape index (κ1) is 23.6. The molecule has 2 saturated carbocycles. The van der Waals surface area contributed by atoms with Crippen LogP contribution in [0.15, 0.2) is 36.5 Å². The van der Waals surface area contributed by atoms with Gasteiger partial charge in [-0.3, -0.25) is 9.48 Å². The van der Waals surface area contributed by atoms with Gasteiger partial charge in [0.05, 0.1) is 28.5 Å². The van der Waals surface area contributed by atoms with Crippen LogP contribution in [0.25, 0.3) is 10.9 Å². The molecule has 2 fully saturated rings. The van der Waals surface area contributed by atoms with E-state index in [4.69, 9.17) is 5.10 Å². The predicted octanol–water partition coefficient (Wildman–Crippen LogP) is 4.37. The number of pyridine rings is 1. The molecule has 0 aliphatic heterocycles. The molecule has 0 spiro atoms. The van der Waals surface area contributed by atoms with E-state index in [0.717, 1.165) is 59.8 Å². The predicted molar refractivity (Wildman–Crippen MR) is 137 cm³/mol. The molecule has 0 atom stereocenters. The van der Waals surface area contributed by atoms with Crippen LogP contribution < -0.4 is 14.9 Å². The van der Waals surface area contributed by atoms with Gasteiger partial charge in [0.15, 0.2) is 5.69 Å². The van der Waals surface area contributed by atoms with Gasteiger partial charge in [-0.2, -0.15) is 9.83 Å². The molecular weight excluding hydrogens is 442 g/mol. The summed E-state index contributed by atoms with van der Waals surface area (Å²) in [6.07, 6.45) is 7.83. The summed E-state index contributed by atoms with van der Waals surface area (Å²) in [5.41, 5.74) is 2.46. The van der Waals surface area contributed by atoms with Gasteiger partial charge >= 0.3 is 5.91 Å². The molecule has 186 valence electrons. The summed E-state index contributed by atoms with van der Waals surface area (Å²) in [6, 6.07) is 9.20. The minimum Gasteiger partial charge on any atom is -0.618 e. The van der Waals surface area contributed by atoms with E-state index in [0.29, 0.717) is 17.3 Å². The number of rotatable bonds is 6. The van der Waals surface area contributed by atoms with Crippen molar-refractivity contribution < 1.29 is 14.6 Å². The third-order valence-electron chi connectivity index (χ3n) is 7.70. The molecule has 2 aliphatic rings. The molecule has 0 saturated heterocycles. The van der Waals surface area contributed by atoms with Crippen LogP contribution in [0.1, 0.15) is 80.5 Å². The summed E-state index contributed by atoms with van der Waals surface area (Å²) in [6.45, 7) is 3.86. The van der Waals surface area contributed by atoms with Crippen LogP contribution in [0, 0.1) is 11.1 Å². The van der Waals surface area contributed by atoms with Crippen molar-refractivity contribution in [2.24, 2.45) is 5.92 Å². The molecule has 0 radical (unpaired) electrons. The first-order chi connectivity index (χ1) is 16.7. The normalized spacial score (nSPS) is 22.5. The van der Waals surface area contributed by atoms with Crippen molar-refractivity contribution in [2.45, 2.75) is 69.9 Å². The Balaban J connectivity index is 1.41. The van der Waals surface area contributed by atoms with Crippen LogP contribution in [0.4, 0.5) is 11.4 Å². The molecule has 2 heterocycles. The molecule has 3 aromatic rings. The van der Waals surface area contributed by atoms with Crippen molar-refractivity contribution in [3.8, 4) is 0 Å². The number of nitrogens with zero attached hydrogens (tertiary/aromatic N) is 4. The van der Waals surface area contributed by atoms with Crippen molar-refractivity contribution in [3.05, 3.63) is 53.1 Å². The van der Waals surface area contributed by atoms with Gasteiger partial charge in [-0.25, -0.2) is 0 Å². The van der Waals surface area contributed by atoms with Crippen molar-refractivity contribution in [1.82, 2.24) is 9.78 Å². The number of anilines is 2. The Hall–Kier alpha value is -3.13. The number of aromatic nitrogens is 3. The fourth-order valence-corrected chi connectivity index (χ4v) is 5.43. The fraction of sp³-hybridized carbons (Fsp3) is 0.519. The highest BCUT2D eigenvalue weighted by Crippen LogP contribution is 2.49. The molecule has 2 N–H and O–H groups in total. The largest absolute Gasteiger partial charge is 0.618 e. The quantitative estimate of drug-likeness (QED) is 0.406. The zero-order valence-corrected chi connectivity index (χ0v) is 21.0. The van der Waals surface area contributed by atoms with Gasteiger partial charge in [-0.05, 0) is 62.6 Å². The first-order valence-corrected chi connectivity index (χ1v) is 12.6. The maximum Gasteiger partial charge on any atom is 0.321 e. The fourth-order valence-electron chi connectivity index (χ4n) is 5.43. The highest BCUT2D eigenvalue weighted by molar-refractivity contribution is 6.05. The van der Waals surface area contributed by atoms with Crippen LogP contribution in [0.3, 0.4) is 0 Å². The maximum atomic E-state index is 13.1. The van der Waals surface area contributed by atoms with Crippen LogP contribution in [-0.2, 0) is 0 Å². The summed E-state index contributed by atoms with van der Waals surface area (Å²) in [5, 5.41) is 32.4. The molecule has 8 nitrogen and oxygen atoms in total. The van der Waals surface area contributed by atoms with E-state index < -0.39 is 11.5 Å². The third-order valence-corrected chi connectivity index (χ3v) is 7.70. The Morgan fingerprint density at radius 2 is 1.94 bits per heavy atom. The molecule has 0 bridgehead atoms. The van der Waals surface area contributed by atoms with Gasteiger partial charge in [0, 0.05) is 43.7 Å². The molecule has 35 heavy (non-hydrogen) atoms. The second-order valence-corrected chi connectivity index (χ2v) is 10.8.